The van der Waals surface area contributed by atoms with Crippen molar-refractivity contribution in [3.8, 4) is 0 Å². The number of likely N-dealkylation sites (N-methyl/N-ethyl adjacent to an activating group) is 1. The van der Waals surface area contributed by atoms with Crippen molar-refractivity contribution in [2.75, 3.05) is 33.7 Å². The number of carbonyl (C=O) groups excluding carboxylic acids is 1. The summed E-state index contributed by atoms with van der Waals surface area (Å²) >= 11 is 0. The van der Waals surface area contributed by atoms with Gasteiger partial charge in [0.25, 0.3) is 0 Å². The second-order valence-corrected chi connectivity index (χ2v) is 5.97. The maximum absolute atomic E-state index is 11.5. The van der Waals surface area contributed by atoms with E-state index < -0.39 is 0 Å². The number of Topliss-reactive ketones (excluding diaryl/α,β-unsaturated/α-hetero) is 1. The maximum atomic E-state index is 11.5. The van der Waals surface area contributed by atoms with E-state index in [1.54, 1.807) is 6.92 Å². The summed E-state index contributed by atoms with van der Waals surface area (Å²) in [6.45, 7) is 8.97. The molecule has 1 unspecified atom stereocenters. The Bertz CT molecular complexity index is 248. The zero-order valence-electron chi connectivity index (χ0n) is 11.4. The van der Waals surface area contributed by atoms with Gasteiger partial charge in [0.05, 0.1) is 0 Å². The summed E-state index contributed by atoms with van der Waals surface area (Å²) in [5.41, 5.74) is -0.200. The fourth-order valence-electron chi connectivity index (χ4n) is 2.35. The van der Waals surface area contributed by atoms with Crippen LogP contribution in [-0.4, -0.2) is 55.4 Å². The summed E-state index contributed by atoms with van der Waals surface area (Å²) < 4.78 is 0. The second-order valence-electron chi connectivity index (χ2n) is 5.97. The lowest BCUT2D eigenvalue weighted by molar-refractivity contribution is -0.126. The van der Waals surface area contributed by atoms with E-state index >= 15 is 0 Å². The molecule has 16 heavy (non-hydrogen) atoms. The van der Waals surface area contributed by atoms with Gasteiger partial charge < -0.3 is 4.90 Å². The van der Waals surface area contributed by atoms with Crippen LogP contribution in [0.4, 0.5) is 0 Å². The molecule has 0 aliphatic carbocycles. The molecule has 0 bridgehead atoms. The van der Waals surface area contributed by atoms with Crippen LogP contribution in [0.3, 0.4) is 0 Å². The Morgan fingerprint density at radius 3 is 2.56 bits per heavy atom. The molecule has 0 amide bonds. The summed E-state index contributed by atoms with van der Waals surface area (Å²) in [4.78, 5) is 16.3. The molecular formula is C13H26N2O. The molecule has 94 valence electrons. The minimum Gasteiger partial charge on any atom is -0.308 e. The second kappa shape index (κ2) is 5.28. The number of carbonyl (C=O) groups is 1. The van der Waals surface area contributed by atoms with Crippen LogP contribution in [0.25, 0.3) is 0 Å². The topological polar surface area (TPSA) is 23.6 Å². The normalized spacial score (nSPS) is 23.0. The quantitative estimate of drug-likeness (QED) is 0.712. The van der Waals surface area contributed by atoms with Gasteiger partial charge in [-0.2, -0.15) is 0 Å². The summed E-state index contributed by atoms with van der Waals surface area (Å²) in [6.07, 6.45) is 2.54. The fourth-order valence-corrected chi connectivity index (χ4v) is 2.35. The predicted molar refractivity (Wildman–Crippen MR) is 67.6 cm³/mol. The Kier molecular flexibility index (Phi) is 4.51. The van der Waals surface area contributed by atoms with Crippen molar-refractivity contribution < 1.29 is 4.79 Å². The molecule has 3 nitrogen and oxygen atoms in total. The van der Waals surface area contributed by atoms with Gasteiger partial charge in [-0.3, -0.25) is 9.69 Å². The molecule has 0 aromatic carbocycles. The van der Waals surface area contributed by atoms with Crippen LogP contribution in [0.2, 0.25) is 0 Å². The number of ketones is 1. The van der Waals surface area contributed by atoms with Gasteiger partial charge in [0, 0.05) is 24.5 Å². The van der Waals surface area contributed by atoms with Gasteiger partial charge in [-0.1, -0.05) is 13.8 Å². The van der Waals surface area contributed by atoms with Crippen LogP contribution in [0.5, 0.6) is 0 Å². The SMILES string of the molecule is CC(=O)C(C)(C)CN1CCCC1CN(C)C. The monoisotopic (exact) mass is 226 g/mol. The molecule has 1 heterocycles. The van der Waals surface area contributed by atoms with Crippen LogP contribution >= 0.6 is 0 Å². The lowest BCUT2D eigenvalue weighted by atomic mass is 9.88. The summed E-state index contributed by atoms with van der Waals surface area (Å²) in [6, 6.07) is 0.633. The molecule has 0 N–H and O–H groups in total. The molecular weight excluding hydrogens is 200 g/mol. The highest BCUT2D eigenvalue weighted by molar-refractivity contribution is 5.81. The third kappa shape index (κ3) is 3.56. The van der Waals surface area contributed by atoms with Crippen LogP contribution in [0.15, 0.2) is 0 Å². The first kappa shape index (κ1) is 13.7. The molecule has 0 radical (unpaired) electrons. The summed E-state index contributed by atoms with van der Waals surface area (Å²) in [7, 11) is 4.24. The number of likely N-dealkylation sites (tertiary alicyclic amines) is 1. The first-order chi connectivity index (χ1) is 7.33. The smallest absolute Gasteiger partial charge is 0.136 e. The molecule has 1 rings (SSSR count). The van der Waals surface area contributed by atoms with Crippen LogP contribution in [0, 0.1) is 5.41 Å². The maximum Gasteiger partial charge on any atom is 0.136 e. The minimum absolute atomic E-state index is 0.200. The van der Waals surface area contributed by atoms with Crippen molar-refractivity contribution in [2.45, 2.75) is 39.7 Å². The van der Waals surface area contributed by atoms with Crippen molar-refractivity contribution in [3.05, 3.63) is 0 Å². The molecule has 1 saturated heterocycles. The van der Waals surface area contributed by atoms with Gasteiger partial charge in [0.2, 0.25) is 0 Å². The highest BCUT2D eigenvalue weighted by Crippen LogP contribution is 2.25. The number of hydrogen-bond acceptors (Lipinski definition) is 3. The Morgan fingerprint density at radius 2 is 2.06 bits per heavy atom. The first-order valence-corrected chi connectivity index (χ1v) is 6.23. The highest BCUT2D eigenvalue weighted by Gasteiger charge is 2.32. The average Bonchev–Trinajstić information content (AvgIpc) is 2.50. The molecule has 0 aromatic heterocycles. The molecule has 3 heteroatoms. The number of hydrogen-bond donors (Lipinski definition) is 0. The Labute approximate surface area is 99.8 Å². The molecule has 1 aliphatic rings. The van der Waals surface area contributed by atoms with Crippen molar-refractivity contribution >= 4 is 5.78 Å². The molecule has 0 saturated carbocycles. The van der Waals surface area contributed by atoms with Gasteiger partial charge in [-0.25, -0.2) is 0 Å². The van der Waals surface area contributed by atoms with Crippen LogP contribution in [0.1, 0.15) is 33.6 Å². The Balaban J connectivity index is 2.56. The molecule has 0 spiro atoms. The summed E-state index contributed by atoms with van der Waals surface area (Å²) in [5, 5.41) is 0. The van der Waals surface area contributed by atoms with E-state index in [1.165, 1.54) is 12.8 Å². The van der Waals surface area contributed by atoms with Crippen molar-refractivity contribution in [1.29, 1.82) is 0 Å². The van der Waals surface area contributed by atoms with Crippen LogP contribution < -0.4 is 0 Å². The van der Waals surface area contributed by atoms with Gasteiger partial charge in [-0.15, -0.1) is 0 Å². The number of nitrogens with zero attached hydrogens (tertiary/aromatic N) is 2. The van der Waals surface area contributed by atoms with E-state index in [-0.39, 0.29) is 5.41 Å². The zero-order valence-corrected chi connectivity index (χ0v) is 11.4. The molecule has 1 atom stereocenters. The minimum atomic E-state index is -0.200. The van der Waals surface area contributed by atoms with Crippen LogP contribution in [-0.2, 0) is 4.79 Å². The lowest BCUT2D eigenvalue weighted by Gasteiger charge is -2.33. The number of rotatable bonds is 5. The third-order valence-electron chi connectivity index (χ3n) is 3.63. The summed E-state index contributed by atoms with van der Waals surface area (Å²) in [5.74, 6) is 0.294. The molecule has 1 fully saturated rings. The van der Waals surface area contributed by atoms with E-state index in [0.717, 1.165) is 19.6 Å². The van der Waals surface area contributed by atoms with Crippen molar-refractivity contribution in [3.63, 3.8) is 0 Å². The largest absolute Gasteiger partial charge is 0.308 e. The predicted octanol–water partition coefficient (Wildman–Crippen LogP) is 1.63. The Hall–Kier alpha value is -0.410. The van der Waals surface area contributed by atoms with Crippen molar-refractivity contribution in [1.82, 2.24) is 9.80 Å². The third-order valence-corrected chi connectivity index (χ3v) is 3.63. The standard InChI is InChI=1S/C13H26N2O/c1-11(16)13(2,3)10-15-8-6-7-12(15)9-14(4)5/h12H,6-10H2,1-5H3. The zero-order chi connectivity index (χ0) is 12.3. The van der Waals surface area contributed by atoms with E-state index in [4.69, 9.17) is 0 Å². The van der Waals surface area contributed by atoms with Gasteiger partial charge >= 0.3 is 0 Å². The van der Waals surface area contributed by atoms with Gasteiger partial charge in [0.1, 0.15) is 5.78 Å². The van der Waals surface area contributed by atoms with E-state index in [1.807, 2.05) is 0 Å². The van der Waals surface area contributed by atoms with Gasteiger partial charge in [-0.05, 0) is 40.4 Å². The molecule has 0 aromatic rings. The average molecular weight is 226 g/mol. The fraction of sp³-hybridized carbons (Fsp3) is 0.923. The van der Waals surface area contributed by atoms with Gasteiger partial charge in [0.15, 0.2) is 0 Å². The Morgan fingerprint density at radius 1 is 1.44 bits per heavy atom. The van der Waals surface area contributed by atoms with Crippen molar-refractivity contribution in [2.24, 2.45) is 5.41 Å². The van der Waals surface area contributed by atoms with E-state index in [9.17, 15) is 4.79 Å². The van der Waals surface area contributed by atoms with E-state index in [2.05, 4.69) is 37.7 Å². The molecule has 1 aliphatic heterocycles. The lowest BCUT2D eigenvalue weighted by Crippen LogP contribution is -2.44. The van der Waals surface area contributed by atoms with E-state index in [0.29, 0.717) is 11.8 Å². The first-order valence-electron chi connectivity index (χ1n) is 6.23. The highest BCUT2D eigenvalue weighted by atomic mass is 16.1.